The second-order valence-electron chi connectivity index (χ2n) is 5.91. The van der Waals surface area contributed by atoms with Gasteiger partial charge in [0.25, 0.3) is 0 Å². The molecule has 0 bridgehead atoms. The van der Waals surface area contributed by atoms with Gasteiger partial charge in [-0.3, -0.25) is 9.59 Å². The van der Waals surface area contributed by atoms with E-state index in [1.165, 1.54) is 0 Å². The van der Waals surface area contributed by atoms with Crippen molar-refractivity contribution in [3.63, 3.8) is 0 Å². The van der Waals surface area contributed by atoms with Crippen LogP contribution in [0, 0.1) is 5.92 Å². The van der Waals surface area contributed by atoms with E-state index in [2.05, 4.69) is 16.0 Å². The molecule has 0 aliphatic carbocycles. The first-order valence-corrected chi connectivity index (χ1v) is 7.54. The lowest BCUT2D eigenvalue weighted by Crippen LogP contribution is -2.39. The molecule has 1 aromatic rings. The van der Waals surface area contributed by atoms with Gasteiger partial charge in [-0.2, -0.15) is 0 Å². The zero-order chi connectivity index (χ0) is 16.1. The molecular formula is C16H23N3O3. The highest BCUT2D eigenvalue weighted by molar-refractivity contribution is 5.92. The number of carbonyl (C=O) groups is 2. The number of anilines is 1. The quantitative estimate of drug-likeness (QED) is 0.642. The molecule has 2 unspecified atom stereocenters. The SMILES string of the molecule is CC(C)C(=O)Nc1ccc(CNC(=O)C2CC(O)CN2)cc1. The third-order valence-corrected chi connectivity index (χ3v) is 3.64. The number of rotatable bonds is 5. The number of aliphatic hydroxyl groups excluding tert-OH is 1. The van der Waals surface area contributed by atoms with E-state index in [-0.39, 0.29) is 23.8 Å². The molecule has 2 rings (SSSR count). The molecule has 0 saturated carbocycles. The Bertz CT molecular complexity index is 528. The van der Waals surface area contributed by atoms with Crippen molar-refractivity contribution in [1.82, 2.24) is 10.6 Å². The van der Waals surface area contributed by atoms with Crippen LogP contribution in [0.5, 0.6) is 0 Å². The first-order valence-electron chi connectivity index (χ1n) is 7.54. The smallest absolute Gasteiger partial charge is 0.237 e. The van der Waals surface area contributed by atoms with Crippen molar-refractivity contribution in [3.05, 3.63) is 29.8 Å². The molecule has 1 aromatic carbocycles. The maximum atomic E-state index is 11.9. The van der Waals surface area contributed by atoms with Crippen LogP contribution in [0.4, 0.5) is 5.69 Å². The molecule has 6 nitrogen and oxygen atoms in total. The zero-order valence-electron chi connectivity index (χ0n) is 12.9. The molecule has 1 fully saturated rings. The van der Waals surface area contributed by atoms with Crippen molar-refractivity contribution < 1.29 is 14.7 Å². The Kier molecular flexibility index (Phi) is 5.51. The molecule has 22 heavy (non-hydrogen) atoms. The number of benzene rings is 1. The van der Waals surface area contributed by atoms with E-state index in [1.54, 1.807) is 0 Å². The van der Waals surface area contributed by atoms with Crippen LogP contribution in [0.2, 0.25) is 0 Å². The Balaban J connectivity index is 1.81. The van der Waals surface area contributed by atoms with E-state index >= 15 is 0 Å². The molecule has 0 spiro atoms. The zero-order valence-corrected chi connectivity index (χ0v) is 12.9. The van der Waals surface area contributed by atoms with E-state index in [1.807, 2.05) is 38.1 Å². The van der Waals surface area contributed by atoms with E-state index in [4.69, 9.17) is 0 Å². The summed E-state index contributed by atoms with van der Waals surface area (Å²) in [7, 11) is 0. The fourth-order valence-corrected chi connectivity index (χ4v) is 2.22. The van der Waals surface area contributed by atoms with E-state index in [9.17, 15) is 14.7 Å². The van der Waals surface area contributed by atoms with Crippen LogP contribution >= 0.6 is 0 Å². The number of nitrogens with one attached hydrogen (secondary N) is 3. The van der Waals surface area contributed by atoms with Gasteiger partial charge in [-0.05, 0) is 24.1 Å². The Morgan fingerprint density at radius 1 is 1.32 bits per heavy atom. The number of β-amino-alcohol motifs (C(OH)–C–C–N with tert-alkyl or cyclic N) is 1. The number of carbonyl (C=O) groups excluding carboxylic acids is 2. The Morgan fingerprint density at radius 3 is 2.55 bits per heavy atom. The normalized spacial score (nSPS) is 20.9. The topological polar surface area (TPSA) is 90.5 Å². The summed E-state index contributed by atoms with van der Waals surface area (Å²) in [6, 6.07) is 7.05. The highest BCUT2D eigenvalue weighted by Crippen LogP contribution is 2.11. The van der Waals surface area contributed by atoms with Gasteiger partial charge in [0, 0.05) is 24.7 Å². The minimum absolute atomic E-state index is 0.0214. The summed E-state index contributed by atoms with van der Waals surface area (Å²) in [5.74, 6) is -0.186. The second-order valence-corrected chi connectivity index (χ2v) is 5.91. The molecule has 1 aliphatic rings. The van der Waals surface area contributed by atoms with Gasteiger partial charge < -0.3 is 21.1 Å². The predicted octanol–water partition coefficient (Wildman–Crippen LogP) is 0.620. The van der Waals surface area contributed by atoms with Gasteiger partial charge in [-0.1, -0.05) is 26.0 Å². The van der Waals surface area contributed by atoms with E-state index in [0.717, 1.165) is 11.3 Å². The summed E-state index contributed by atoms with van der Waals surface area (Å²) < 4.78 is 0. The fraction of sp³-hybridized carbons (Fsp3) is 0.500. The Labute approximate surface area is 130 Å². The van der Waals surface area contributed by atoms with Crippen molar-refractivity contribution in [2.45, 2.75) is 39.0 Å². The molecule has 0 aromatic heterocycles. The lowest BCUT2D eigenvalue weighted by atomic mass is 10.1. The number of hydrogen-bond donors (Lipinski definition) is 4. The highest BCUT2D eigenvalue weighted by atomic mass is 16.3. The molecule has 1 heterocycles. The van der Waals surface area contributed by atoms with Crippen molar-refractivity contribution >= 4 is 17.5 Å². The van der Waals surface area contributed by atoms with E-state index in [0.29, 0.717) is 19.5 Å². The third-order valence-electron chi connectivity index (χ3n) is 3.64. The first kappa shape index (κ1) is 16.5. The van der Waals surface area contributed by atoms with Gasteiger partial charge in [-0.25, -0.2) is 0 Å². The monoisotopic (exact) mass is 305 g/mol. The third kappa shape index (κ3) is 4.54. The van der Waals surface area contributed by atoms with Crippen LogP contribution in [0.25, 0.3) is 0 Å². The van der Waals surface area contributed by atoms with Crippen LogP contribution in [0.1, 0.15) is 25.8 Å². The van der Waals surface area contributed by atoms with Crippen LogP contribution in [-0.4, -0.2) is 35.6 Å². The average molecular weight is 305 g/mol. The number of amides is 2. The van der Waals surface area contributed by atoms with Gasteiger partial charge in [0.2, 0.25) is 11.8 Å². The highest BCUT2D eigenvalue weighted by Gasteiger charge is 2.27. The largest absolute Gasteiger partial charge is 0.392 e. The van der Waals surface area contributed by atoms with Crippen molar-refractivity contribution in [2.75, 3.05) is 11.9 Å². The van der Waals surface area contributed by atoms with Gasteiger partial charge >= 0.3 is 0 Å². The molecule has 120 valence electrons. The van der Waals surface area contributed by atoms with Crippen LogP contribution < -0.4 is 16.0 Å². The maximum absolute atomic E-state index is 11.9. The minimum Gasteiger partial charge on any atom is -0.392 e. The average Bonchev–Trinajstić information content (AvgIpc) is 2.92. The Hall–Kier alpha value is -1.92. The first-order chi connectivity index (χ1) is 10.5. The molecule has 1 aliphatic heterocycles. The standard InChI is InChI=1S/C16H23N3O3/c1-10(2)15(21)19-12-5-3-11(4-6-12)8-18-16(22)14-7-13(20)9-17-14/h3-6,10,13-14,17,20H,7-9H2,1-2H3,(H,18,22)(H,19,21). The second kappa shape index (κ2) is 7.38. The molecular weight excluding hydrogens is 282 g/mol. The van der Waals surface area contributed by atoms with Crippen molar-refractivity contribution in [2.24, 2.45) is 5.92 Å². The predicted molar refractivity (Wildman–Crippen MR) is 84.2 cm³/mol. The summed E-state index contributed by atoms with van der Waals surface area (Å²) in [5.41, 5.74) is 1.70. The number of aliphatic hydroxyl groups is 1. The molecule has 1 saturated heterocycles. The summed E-state index contributed by atoms with van der Waals surface area (Å²) in [6.45, 7) is 4.56. The summed E-state index contributed by atoms with van der Waals surface area (Å²) in [5, 5.41) is 18.0. The van der Waals surface area contributed by atoms with Gasteiger partial charge in [0.1, 0.15) is 0 Å². The van der Waals surface area contributed by atoms with Crippen molar-refractivity contribution in [3.8, 4) is 0 Å². The Morgan fingerprint density at radius 2 is 2.00 bits per heavy atom. The van der Waals surface area contributed by atoms with Crippen LogP contribution in [0.15, 0.2) is 24.3 Å². The molecule has 0 radical (unpaired) electrons. The van der Waals surface area contributed by atoms with Gasteiger partial charge in [-0.15, -0.1) is 0 Å². The van der Waals surface area contributed by atoms with Gasteiger partial charge in [0.05, 0.1) is 12.1 Å². The van der Waals surface area contributed by atoms with Crippen LogP contribution in [-0.2, 0) is 16.1 Å². The molecule has 4 N–H and O–H groups in total. The molecule has 2 amide bonds. The fourth-order valence-electron chi connectivity index (χ4n) is 2.22. The number of hydrogen-bond acceptors (Lipinski definition) is 4. The van der Waals surface area contributed by atoms with Crippen LogP contribution in [0.3, 0.4) is 0 Å². The summed E-state index contributed by atoms with van der Waals surface area (Å²) >= 11 is 0. The lowest BCUT2D eigenvalue weighted by molar-refractivity contribution is -0.123. The summed E-state index contributed by atoms with van der Waals surface area (Å²) in [4.78, 5) is 23.5. The van der Waals surface area contributed by atoms with E-state index < -0.39 is 6.10 Å². The summed E-state index contributed by atoms with van der Waals surface area (Å²) in [6.07, 6.45) is 0.00559. The minimum atomic E-state index is -0.445. The molecule has 6 heteroatoms. The lowest BCUT2D eigenvalue weighted by Gasteiger charge is -2.12. The molecule has 2 atom stereocenters. The van der Waals surface area contributed by atoms with Crippen molar-refractivity contribution in [1.29, 1.82) is 0 Å². The van der Waals surface area contributed by atoms with Gasteiger partial charge in [0.15, 0.2) is 0 Å². The maximum Gasteiger partial charge on any atom is 0.237 e.